The molecule has 1 N–H and O–H groups in total. The van der Waals surface area contributed by atoms with Gasteiger partial charge in [-0.3, -0.25) is 9.59 Å². The van der Waals surface area contributed by atoms with Crippen LogP contribution >= 0.6 is 0 Å². The molecule has 1 aliphatic heterocycles. The van der Waals surface area contributed by atoms with Crippen molar-refractivity contribution in [1.82, 2.24) is 9.80 Å². The molecule has 1 heterocycles. The number of nitrogens with zero attached hydrogens (tertiary/aromatic N) is 2. The summed E-state index contributed by atoms with van der Waals surface area (Å²) in [6, 6.07) is 9.94. The molecule has 1 fully saturated rings. The summed E-state index contributed by atoms with van der Waals surface area (Å²) in [6.07, 6.45) is 1.68. The van der Waals surface area contributed by atoms with E-state index < -0.39 is 0 Å². The van der Waals surface area contributed by atoms with Gasteiger partial charge in [0.05, 0.1) is 12.6 Å². The van der Waals surface area contributed by atoms with Gasteiger partial charge in [0.25, 0.3) is 0 Å². The molecule has 22 heavy (non-hydrogen) atoms. The molecule has 0 atom stereocenters. The van der Waals surface area contributed by atoms with E-state index in [1.54, 1.807) is 9.80 Å². The van der Waals surface area contributed by atoms with Crippen molar-refractivity contribution in [2.24, 2.45) is 0 Å². The third-order valence-electron chi connectivity index (χ3n) is 4.10. The van der Waals surface area contributed by atoms with Crippen molar-refractivity contribution in [1.29, 1.82) is 0 Å². The number of aliphatic hydroxyl groups is 1. The van der Waals surface area contributed by atoms with E-state index >= 15 is 0 Å². The molecule has 2 rings (SSSR count). The fourth-order valence-electron chi connectivity index (χ4n) is 2.64. The van der Waals surface area contributed by atoms with E-state index in [1.165, 1.54) is 6.92 Å². The standard InChI is InChI=1S/C17H24N2O3/c1-14(20)19(10-7-15-5-3-2-4-6-15)13-17(22)18-11-8-16(21)9-12-18/h2-6,16,21H,7-13H2,1H3. The Hall–Kier alpha value is -1.88. The van der Waals surface area contributed by atoms with Gasteiger partial charge in [0.15, 0.2) is 0 Å². The predicted molar refractivity (Wildman–Crippen MR) is 84.2 cm³/mol. The van der Waals surface area contributed by atoms with E-state index in [4.69, 9.17) is 0 Å². The second-order valence-corrected chi connectivity index (χ2v) is 5.79. The number of likely N-dealkylation sites (tertiary alicyclic amines) is 1. The highest BCUT2D eigenvalue weighted by atomic mass is 16.3. The zero-order valence-corrected chi connectivity index (χ0v) is 13.1. The number of hydrogen-bond acceptors (Lipinski definition) is 3. The average molecular weight is 304 g/mol. The van der Waals surface area contributed by atoms with Gasteiger partial charge in [-0.15, -0.1) is 0 Å². The number of carbonyl (C=O) groups excluding carboxylic acids is 2. The van der Waals surface area contributed by atoms with Crippen molar-refractivity contribution in [3.63, 3.8) is 0 Å². The van der Waals surface area contributed by atoms with Crippen molar-refractivity contribution in [3.05, 3.63) is 35.9 Å². The van der Waals surface area contributed by atoms with Crippen LogP contribution in [0, 0.1) is 0 Å². The third-order valence-corrected chi connectivity index (χ3v) is 4.10. The van der Waals surface area contributed by atoms with Gasteiger partial charge in [-0.1, -0.05) is 30.3 Å². The Labute approximate surface area is 131 Å². The Kier molecular flexibility index (Phi) is 5.95. The zero-order chi connectivity index (χ0) is 15.9. The molecular weight excluding hydrogens is 280 g/mol. The first-order chi connectivity index (χ1) is 10.6. The summed E-state index contributed by atoms with van der Waals surface area (Å²) in [5, 5.41) is 9.49. The van der Waals surface area contributed by atoms with Gasteiger partial charge >= 0.3 is 0 Å². The maximum absolute atomic E-state index is 12.3. The highest BCUT2D eigenvalue weighted by molar-refractivity contribution is 5.83. The molecule has 1 aromatic carbocycles. The summed E-state index contributed by atoms with van der Waals surface area (Å²) in [6.45, 7) is 3.31. The predicted octanol–water partition coefficient (Wildman–Crippen LogP) is 1.06. The number of amides is 2. The minimum atomic E-state index is -0.300. The lowest BCUT2D eigenvalue weighted by Gasteiger charge is -2.31. The van der Waals surface area contributed by atoms with Gasteiger partial charge < -0.3 is 14.9 Å². The molecule has 120 valence electrons. The summed E-state index contributed by atoms with van der Waals surface area (Å²) in [5.74, 6) is -0.114. The fraction of sp³-hybridized carbons (Fsp3) is 0.529. The molecule has 1 aromatic rings. The van der Waals surface area contributed by atoms with Gasteiger partial charge in [-0.25, -0.2) is 0 Å². The van der Waals surface area contributed by atoms with Crippen LogP contribution in [0.5, 0.6) is 0 Å². The smallest absolute Gasteiger partial charge is 0.242 e. The second kappa shape index (κ2) is 7.94. The molecular formula is C17H24N2O3. The number of aliphatic hydroxyl groups excluding tert-OH is 1. The van der Waals surface area contributed by atoms with E-state index in [2.05, 4.69) is 0 Å². The molecule has 0 aromatic heterocycles. The molecule has 5 heteroatoms. The van der Waals surface area contributed by atoms with E-state index in [-0.39, 0.29) is 24.5 Å². The zero-order valence-electron chi connectivity index (χ0n) is 13.1. The van der Waals surface area contributed by atoms with Crippen LogP contribution in [0.2, 0.25) is 0 Å². The summed E-state index contributed by atoms with van der Waals surface area (Å²) in [4.78, 5) is 27.4. The Morgan fingerprint density at radius 2 is 1.86 bits per heavy atom. The highest BCUT2D eigenvalue weighted by Crippen LogP contribution is 2.11. The lowest BCUT2D eigenvalue weighted by Crippen LogP contribution is -2.46. The van der Waals surface area contributed by atoms with Crippen LogP contribution < -0.4 is 0 Å². The normalized spacial score (nSPS) is 15.6. The maximum atomic E-state index is 12.3. The van der Waals surface area contributed by atoms with Crippen LogP contribution in [0.4, 0.5) is 0 Å². The average Bonchev–Trinajstić information content (AvgIpc) is 2.52. The molecule has 0 saturated carbocycles. The van der Waals surface area contributed by atoms with Crippen LogP contribution in [-0.2, 0) is 16.0 Å². The molecule has 1 aliphatic rings. The minimum Gasteiger partial charge on any atom is -0.393 e. The Morgan fingerprint density at radius 1 is 1.23 bits per heavy atom. The van der Waals surface area contributed by atoms with Crippen molar-refractivity contribution >= 4 is 11.8 Å². The van der Waals surface area contributed by atoms with Crippen molar-refractivity contribution in [3.8, 4) is 0 Å². The SMILES string of the molecule is CC(=O)N(CCc1ccccc1)CC(=O)N1CCC(O)CC1. The van der Waals surface area contributed by atoms with Gasteiger partial charge in [-0.05, 0) is 24.8 Å². The fourth-order valence-corrected chi connectivity index (χ4v) is 2.64. The van der Waals surface area contributed by atoms with Gasteiger partial charge in [0.2, 0.25) is 11.8 Å². The molecule has 0 bridgehead atoms. The Morgan fingerprint density at radius 3 is 2.45 bits per heavy atom. The first-order valence-corrected chi connectivity index (χ1v) is 7.81. The Balaban J connectivity index is 1.86. The largest absolute Gasteiger partial charge is 0.393 e. The number of rotatable bonds is 5. The number of carbonyl (C=O) groups is 2. The number of piperidine rings is 1. The quantitative estimate of drug-likeness (QED) is 0.885. The Bertz CT molecular complexity index is 496. The molecule has 0 aliphatic carbocycles. The van der Waals surface area contributed by atoms with Gasteiger partial charge in [0, 0.05) is 26.6 Å². The van der Waals surface area contributed by atoms with E-state index in [1.807, 2.05) is 30.3 Å². The molecule has 0 spiro atoms. The summed E-state index contributed by atoms with van der Waals surface area (Å²) in [7, 11) is 0. The van der Waals surface area contributed by atoms with Gasteiger partial charge in [-0.2, -0.15) is 0 Å². The second-order valence-electron chi connectivity index (χ2n) is 5.79. The van der Waals surface area contributed by atoms with Crippen LogP contribution in [0.15, 0.2) is 30.3 Å². The number of hydrogen-bond donors (Lipinski definition) is 1. The monoisotopic (exact) mass is 304 g/mol. The number of benzene rings is 1. The van der Waals surface area contributed by atoms with Crippen LogP contribution in [-0.4, -0.2) is 59.0 Å². The lowest BCUT2D eigenvalue weighted by molar-refractivity contribution is -0.140. The summed E-state index contributed by atoms with van der Waals surface area (Å²) in [5.41, 5.74) is 1.15. The van der Waals surface area contributed by atoms with E-state index in [0.29, 0.717) is 32.5 Å². The molecule has 1 saturated heterocycles. The van der Waals surface area contributed by atoms with Crippen LogP contribution in [0.25, 0.3) is 0 Å². The first-order valence-electron chi connectivity index (χ1n) is 7.81. The first kappa shape index (κ1) is 16.5. The lowest BCUT2D eigenvalue weighted by atomic mass is 10.1. The molecule has 2 amide bonds. The summed E-state index contributed by atoms with van der Waals surface area (Å²) >= 11 is 0. The van der Waals surface area contributed by atoms with Crippen molar-refractivity contribution in [2.45, 2.75) is 32.3 Å². The van der Waals surface area contributed by atoms with E-state index in [0.717, 1.165) is 12.0 Å². The highest BCUT2D eigenvalue weighted by Gasteiger charge is 2.23. The minimum absolute atomic E-state index is 0.0323. The van der Waals surface area contributed by atoms with Crippen LogP contribution in [0.3, 0.4) is 0 Å². The molecule has 5 nitrogen and oxygen atoms in total. The van der Waals surface area contributed by atoms with Gasteiger partial charge in [0.1, 0.15) is 0 Å². The van der Waals surface area contributed by atoms with E-state index in [9.17, 15) is 14.7 Å². The van der Waals surface area contributed by atoms with Crippen LogP contribution in [0.1, 0.15) is 25.3 Å². The van der Waals surface area contributed by atoms with Crippen molar-refractivity contribution in [2.75, 3.05) is 26.2 Å². The third kappa shape index (κ3) is 4.84. The topological polar surface area (TPSA) is 60.9 Å². The van der Waals surface area contributed by atoms with Crippen molar-refractivity contribution < 1.29 is 14.7 Å². The maximum Gasteiger partial charge on any atom is 0.242 e. The molecule has 0 unspecified atom stereocenters. The molecule has 0 radical (unpaired) electrons. The summed E-state index contributed by atoms with van der Waals surface area (Å²) < 4.78 is 0.